The molecule has 5 rings (SSSR count). The number of carbonyl (C=O) groups excluding carboxylic acids is 1. The minimum atomic E-state index is -2.24. The molecule has 2 N–H and O–H groups in total. The summed E-state index contributed by atoms with van der Waals surface area (Å²) < 4.78 is 19.9. The fourth-order valence-corrected chi connectivity index (χ4v) is 6.54. The first-order chi connectivity index (χ1) is 10.1. The summed E-state index contributed by atoms with van der Waals surface area (Å²) in [5, 5.41) is 0. The van der Waals surface area contributed by atoms with Crippen molar-refractivity contribution in [3.8, 4) is 0 Å². The Kier molecular flexibility index (Phi) is 2.45. The summed E-state index contributed by atoms with van der Waals surface area (Å²) in [5.41, 5.74) is 5.57. The molecule has 0 spiro atoms. The van der Waals surface area contributed by atoms with Gasteiger partial charge in [-0.3, -0.25) is 5.73 Å². The Labute approximate surface area is 124 Å². The largest absolute Gasteiger partial charge is 0.459 e. The normalized spacial score (nSPS) is 52.8. The second-order valence-electron chi connectivity index (χ2n) is 8.37. The first-order valence-corrected chi connectivity index (χ1v) is 8.74. The van der Waals surface area contributed by atoms with Crippen molar-refractivity contribution in [3.63, 3.8) is 0 Å². The second kappa shape index (κ2) is 4.01. The second-order valence-corrected chi connectivity index (χ2v) is 8.37. The molecule has 5 aliphatic rings. The molecule has 4 heteroatoms. The molecule has 0 aromatic carbocycles. The molecule has 0 aliphatic heterocycles. The van der Waals surface area contributed by atoms with Crippen LogP contribution < -0.4 is 5.73 Å². The maximum Gasteiger partial charge on any atom is 0.359 e. The van der Waals surface area contributed by atoms with Crippen molar-refractivity contribution < 1.29 is 13.9 Å². The minimum Gasteiger partial charge on any atom is -0.459 e. The lowest BCUT2D eigenvalue weighted by Crippen LogP contribution is -2.49. The number of carbonyl (C=O) groups is 1. The standard InChI is InChI=1S/C17H24FNO2/c18-17(19,11-3-4-11)16(20)21-13-7-10-6-12(13)15-9-2-1-8(5-9)14(10)15/h8-15H,1-7,19H2. The van der Waals surface area contributed by atoms with E-state index in [4.69, 9.17) is 10.5 Å². The third kappa shape index (κ3) is 1.66. The van der Waals surface area contributed by atoms with E-state index in [1.165, 1.54) is 25.7 Å². The summed E-state index contributed by atoms with van der Waals surface area (Å²) in [4.78, 5) is 12.1. The molecule has 0 heterocycles. The average molecular weight is 293 g/mol. The van der Waals surface area contributed by atoms with Crippen molar-refractivity contribution in [2.45, 2.75) is 56.8 Å². The summed E-state index contributed by atoms with van der Waals surface area (Å²) >= 11 is 0. The summed E-state index contributed by atoms with van der Waals surface area (Å²) in [6.07, 6.45) is 7.71. The lowest BCUT2D eigenvalue weighted by atomic mass is 9.70. The van der Waals surface area contributed by atoms with Gasteiger partial charge in [0.05, 0.1) is 0 Å². The molecule has 21 heavy (non-hydrogen) atoms. The SMILES string of the molecule is NC(F)(C(=O)OC1CC2CC1C1C3CCC(C3)C21)C1CC1. The van der Waals surface area contributed by atoms with Gasteiger partial charge in [-0.25, -0.2) is 9.18 Å². The predicted molar refractivity (Wildman–Crippen MR) is 74.7 cm³/mol. The summed E-state index contributed by atoms with van der Waals surface area (Å²) in [6, 6.07) is 0. The van der Waals surface area contributed by atoms with Gasteiger partial charge in [0.2, 0.25) is 0 Å². The minimum absolute atomic E-state index is 0.0551. The van der Waals surface area contributed by atoms with E-state index in [-0.39, 0.29) is 12.0 Å². The van der Waals surface area contributed by atoms with Gasteiger partial charge in [-0.15, -0.1) is 0 Å². The van der Waals surface area contributed by atoms with Crippen molar-refractivity contribution in [1.29, 1.82) is 0 Å². The predicted octanol–water partition coefficient (Wildman–Crippen LogP) is 2.63. The quantitative estimate of drug-likeness (QED) is 0.494. The highest BCUT2D eigenvalue weighted by Crippen LogP contribution is 2.67. The monoisotopic (exact) mass is 293 g/mol. The van der Waals surface area contributed by atoms with Gasteiger partial charge in [0.1, 0.15) is 6.10 Å². The molecule has 5 aliphatic carbocycles. The third-order valence-electron chi connectivity index (χ3n) is 7.42. The molecule has 4 bridgehead atoms. The molecule has 0 radical (unpaired) electrons. The molecular formula is C17H24FNO2. The number of halogens is 1. The van der Waals surface area contributed by atoms with Gasteiger partial charge < -0.3 is 4.74 Å². The first kappa shape index (κ1) is 12.9. The van der Waals surface area contributed by atoms with Crippen LogP contribution in [0.4, 0.5) is 4.39 Å². The van der Waals surface area contributed by atoms with Crippen LogP contribution in [0.2, 0.25) is 0 Å². The van der Waals surface area contributed by atoms with Crippen molar-refractivity contribution in [2.75, 3.05) is 0 Å². The molecule has 3 nitrogen and oxygen atoms in total. The van der Waals surface area contributed by atoms with E-state index < -0.39 is 11.8 Å². The fourth-order valence-electron chi connectivity index (χ4n) is 6.54. The Balaban J connectivity index is 1.31. The van der Waals surface area contributed by atoms with Gasteiger partial charge >= 0.3 is 5.97 Å². The van der Waals surface area contributed by atoms with Crippen LogP contribution in [0.25, 0.3) is 0 Å². The fraction of sp³-hybridized carbons (Fsp3) is 0.941. The molecule has 0 aromatic rings. The Morgan fingerprint density at radius 3 is 2.43 bits per heavy atom. The maximum absolute atomic E-state index is 14.3. The highest BCUT2D eigenvalue weighted by Gasteiger charge is 2.63. The van der Waals surface area contributed by atoms with Gasteiger partial charge in [0.25, 0.3) is 5.79 Å². The van der Waals surface area contributed by atoms with Gasteiger partial charge in [0, 0.05) is 5.92 Å². The molecule has 5 fully saturated rings. The van der Waals surface area contributed by atoms with E-state index in [0.29, 0.717) is 18.8 Å². The van der Waals surface area contributed by atoms with Crippen LogP contribution in [0, 0.1) is 41.4 Å². The lowest BCUT2D eigenvalue weighted by molar-refractivity contribution is -0.169. The van der Waals surface area contributed by atoms with E-state index in [1.54, 1.807) is 0 Å². The van der Waals surface area contributed by atoms with Crippen LogP contribution >= 0.6 is 0 Å². The molecule has 116 valence electrons. The smallest absolute Gasteiger partial charge is 0.359 e. The van der Waals surface area contributed by atoms with Crippen LogP contribution in [0.1, 0.15) is 44.9 Å². The van der Waals surface area contributed by atoms with Crippen LogP contribution in [-0.4, -0.2) is 17.9 Å². The van der Waals surface area contributed by atoms with Crippen molar-refractivity contribution in [2.24, 2.45) is 47.2 Å². The maximum atomic E-state index is 14.3. The number of hydrogen-bond acceptors (Lipinski definition) is 3. The summed E-state index contributed by atoms with van der Waals surface area (Å²) in [7, 11) is 0. The zero-order valence-electron chi connectivity index (χ0n) is 12.3. The Morgan fingerprint density at radius 2 is 1.71 bits per heavy atom. The molecule has 8 atom stereocenters. The van der Waals surface area contributed by atoms with Crippen LogP contribution in [0.15, 0.2) is 0 Å². The number of nitrogens with two attached hydrogens (primary N) is 1. The number of rotatable bonds is 3. The van der Waals surface area contributed by atoms with Crippen LogP contribution in [0.5, 0.6) is 0 Å². The van der Waals surface area contributed by atoms with E-state index in [1.807, 2.05) is 0 Å². The van der Waals surface area contributed by atoms with Crippen molar-refractivity contribution in [1.82, 2.24) is 0 Å². The topological polar surface area (TPSA) is 52.3 Å². The van der Waals surface area contributed by atoms with Gasteiger partial charge in [0.15, 0.2) is 0 Å². The molecular weight excluding hydrogens is 269 g/mol. The number of fused-ring (bicyclic) bond motifs is 9. The zero-order chi connectivity index (χ0) is 14.4. The number of hydrogen-bond donors (Lipinski definition) is 1. The Bertz CT molecular complexity index is 489. The van der Waals surface area contributed by atoms with Crippen molar-refractivity contribution in [3.05, 3.63) is 0 Å². The first-order valence-electron chi connectivity index (χ1n) is 8.74. The third-order valence-corrected chi connectivity index (χ3v) is 7.42. The average Bonchev–Trinajstić information content (AvgIpc) is 2.85. The number of ether oxygens (including phenoxy) is 1. The molecule has 0 amide bonds. The zero-order valence-corrected chi connectivity index (χ0v) is 12.3. The van der Waals surface area contributed by atoms with Crippen molar-refractivity contribution >= 4 is 5.97 Å². The Morgan fingerprint density at radius 1 is 1.00 bits per heavy atom. The highest BCUT2D eigenvalue weighted by molar-refractivity contribution is 5.79. The van der Waals surface area contributed by atoms with Gasteiger partial charge in [-0.05, 0) is 80.5 Å². The molecule has 0 aromatic heterocycles. The van der Waals surface area contributed by atoms with E-state index in [9.17, 15) is 9.18 Å². The van der Waals surface area contributed by atoms with Crippen LogP contribution in [0.3, 0.4) is 0 Å². The molecule has 5 saturated carbocycles. The number of esters is 1. The Hall–Kier alpha value is -0.640. The summed E-state index contributed by atoms with van der Waals surface area (Å²) in [5.74, 6) is 1.32. The van der Waals surface area contributed by atoms with E-state index >= 15 is 0 Å². The number of alkyl halides is 1. The van der Waals surface area contributed by atoms with Gasteiger partial charge in [-0.1, -0.05) is 0 Å². The van der Waals surface area contributed by atoms with E-state index in [2.05, 4.69) is 0 Å². The van der Waals surface area contributed by atoms with E-state index in [0.717, 1.165) is 36.0 Å². The molecule has 0 saturated heterocycles. The lowest BCUT2D eigenvalue weighted by Gasteiger charge is -2.38. The summed E-state index contributed by atoms with van der Waals surface area (Å²) in [6.45, 7) is 0. The molecule has 8 unspecified atom stereocenters. The van der Waals surface area contributed by atoms with Crippen LogP contribution in [-0.2, 0) is 9.53 Å². The van der Waals surface area contributed by atoms with Gasteiger partial charge in [-0.2, -0.15) is 0 Å². The highest BCUT2D eigenvalue weighted by atomic mass is 19.1.